The zero-order chi connectivity index (χ0) is 17.8. The first-order valence-electron chi connectivity index (χ1n) is 8.35. The fraction of sp³-hybridized carbons (Fsp3) is 0.389. The van der Waals surface area contributed by atoms with Gasteiger partial charge in [-0.2, -0.15) is 0 Å². The lowest BCUT2D eigenvalue weighted by atomic mass is 10.0. The number of fused-ring (bicyclic) bond motifs is 1. The van der Waals surface area contributed by atoms with E-state index in [1.165, 1.54) is 4.90 Å². The van der Waals surface area contributed by atoms with Gasteiger partial charge in [-0.3, -0.25) is 14.4 Å². The van der Waals surface area contributed by atoms with Crippen LogP contribution in [0.4, 0.5) is 0 Å². The molecule has 1 aliphatic rings. The SMILES string of the molecule is NC(=O)[C@H]1CCCCN1C(=O)COC(=O)Cc1c[nH]c2ccccc12. The van der Waals surface area contributed by atoms with Crippen molar-refractivity contribution < 1.29 is 19.1 Å². The van der Waals surface area contributed by atoms with Crippen molar-refractivity contribution in [2.75, 3.05) is 13.2 Å². The molecule has 0 aliphatic carbocycles. The Bertz CT molecular complexity index is 798. The number of amides is 2. The molecular weight excluding hydrogens is 322 g/mol. The number of H-pyrrole nitrogens is 1. The van der Waals surface area contributed by atoms with Crippen LogP contribution in [0.5, 0.6) is 0 Å². The van der Waals surface area contributed by atoms with E-state index in [2.05, 4.69) is 4.98 Å². The molecule has 25 heavy (non-hydrogen) atoms. The van der Waals surface area contributed by atoms with Crippen LogP contribution in [-0.4, -0.2) is 46.9 Å². The molecule has 3 N–H and O–H groups in total. The zero-order valence-corrected chi connectivity index (χ0v) is 13.9. The summed E-state index contributed by atoms with van der Waals surface area (Å²) in [6.07, 6.45) is 4.08. The lowest BCUT2D eigenvalue weighted by Gasteiger charge is -2.33. The third kappa shape index (κ3) is 3.81. The van der Waals surface area contributed by atoms with E-state index in [1.54, 1.807) is 6.20 Å². The molecule has 1 aromatic heterocycles. The van der Waals surface area contributed by atoms with Crippen molar-refractivity contribution in [3.8, 4) is 0 Å². The van der Waals surface area contributed by atoms with Crippen LogP contribution in [-0.2, 0) is 25.5 Å². The Kier molecular flexibility index (Phi) is 5.02. The van der Waals surface area contributed by atoms with Gasteiger partial charge in [0.1, 0.15) is 6.04 Å². The molecule has 0 saturated carbocycles. The van der Waals surface area contributed by atoms with Crippen LogP contribution in [0.25, 0.3) is 10.9 Å². The number of aromatic nitrogens is 1. The number of likely N-dealkylation sites (tertiary alicyclic amines) is 1. The van der Waals surface area contributed by atoms with Gasteiger partial charge in [-0.05, 0) is 30.9 Å². The Morgan fingerprint density at radius 2 is 2.04 bits per heavy atom. The number of primary amides is 1. The minimum absolute atomic E-state index is 0.0799. The van der Waals surface area contributed by atoms with E-state index in [0.717, 1.165) is 29.3 Å². The third-order valence-electron chi connectivity index (χ3n) is 4.52. The summed E-state index contributed by atoms with van der Waals surface area (Å²) in [7, 11) is 0. The summed E-state index contributed by atoms with van der Waals surface area (Å²) >= 11 is 0. The van der Waals surface area contributed by atoms with E-state index < -0.39 is 17.9 Å². The van der Waals surface area contributed by atoms with Gasteiger partial charge < -0.3 is 20.4 Å². The van der Waals surface area contributed by atoms with Gasteiger partial charge in [0.25, 0.3) is 5.91 Å². The summed E-state index contributed by atoms with van der Waals surface area (Å²) in [6.45, 7) is 0.0947. The smallest absolute Gasteiger partial charge is 0.310 e. The molecule has 1 atom stereocenters. The fourth-order valence-corrected chi connectivity index (χ4v) is 3.24. The first-order chi connectivity index (χ1) is 12.1. The van der Waals surface area contributed by atoms with Crippen molar-refractivity contribution in [3.05, 3.63) is 36.0 Å². The number of carbonyl (C=O) groups is 3. The summed E-state index contributed by atoms with van der Waals surface area (Å²) in [4.78, 5) is 40.3. The molecule has 7 nitrogen and oxygen atoms in total. The Balaban J connectivity index is 1.56. The second-order valence-electron chi connectivity index (χ2n) is 6.20. The number of hydrogen-bond acceptors (Lipinski definition) is 4. The number of ether oxygens (including phenoxy) is 1. The average molecular weight is 343 g/mol. The highest BCUT2D eigenvalue weighted by Crippen LogP contribution is 2.19. The van der Waals surface area contributed by atoms with E-state index in [4.69, 9.17) is 10.5 Å². The number of esters is 1. The van der Waals surface area contributed by atoms with Crippen molar-refractivity contribution >= 4 is 28.7 Å². The number of nitrogens with one attached hydrogen (secondary N) is 1. The molecule has 1 fully saturated rings. The molecule has 2 amide bonds. The summed E-state index contributed by atoms with van der Waals surface area (Å²) in [5.74, 6) is -1.38. The standard InChI is InChI=1S/C18H21N3O4/c19-18(24)15-7-3-4-8-21(15)16(22)11-25-17(23)9-12-10-20-14-6-2-1-5-13(12)14/h1-2,5-6,10,15,20H,3-4,7-9,11H2,(H2,19,24)/t15-/m1/s1. The van der Waals surface area contributed by atoms with E-state index >= 15 is 0 Å². The first-order valence-corrected chi connectivity index (χ1v) is 8.35. The molecule has 0 spiro atoms. The summed E-state index contributed by atoms with van der Waals surface area (Å²) in [5, 5.41) is 0.954. The van der Waals surface area contributed by atoms with Gasteiger partial charge in [0.2, 0.25) is 5.91 Å². The van der Waals surface area contributed by atoms with Crippen molar-refractivity contribution in [2.24, 2.45) is 5.73 Å². The second-order valence-corrected chi connectivity index (χ2v) is 6.20. The molecule has 2 aromatic rings. The van der Waals surface area contributed by atoms with Crippen LogP contribution in [0.3, 0.4) is 0 Å². The average Bonchev–Trinajstić information content (AvgIpc) is 3.02. The quantitative estimate of drug-likeness (QED) is 0.794. The van der Waals surface area contributed by atoms with Crippen molar-refractivity contribution in [2.45, 2.75) is 31.7 Å². The number of nitrogens with two attached hydrogens (primary N) is 1. The van der Waals surface area contributed by atoms with Crippen LogP contribution in [0.15, 0.2) is 30.5 Å². The molecule has 0 bridgehead atoms. The van der Waals surface area contributed by atoms with Gasteiger partial charge in [0.15, 0.2) is 6.61 Å². The molecule has 0 radical (unpaired) electrons. The maximum Gasteiger partial charge on any atom is 0.310 e. The zero-order valence-electron chi connectivity index (χ0n) is 13.9. The Morgan fingerprint density at radius 1 is 1.24 bits per heavy atom. The third-order valence-corrected chi connectivity index (χ3v) is 4.52. The van der Waals surface area contributed by atoms with Gasteiger partial charge in [-0.25, -0.2) is 0 Å². The molecule has 1 saturated heterocycles. The molecular formula is C18H21N3O4. The highest BCUT2D eigenvalue weighted by molar-refractivity contribution is 5.90. The normalized spacial score (nSPS) is 17.4. The largest absolute Gasteiger partial charge is 0.455 e. The van der Waals surface area contributed by atoms with Gasteiger partial charge >= 0.3 is 5.97 Å². The second kappa shape index (κ2) is 7.38. The first kappa shape index (κ1) is 17.0. The van der Waals surface area contributed by atoms with E-state index in [1.807, 2.05) is 24.3 Å². The van der Waals surface area contributed by atoms with Crippen LogP contribution < -0.4 is 5.73 Å². The summed E-state index contributed by atoms with van der Waals surface area (Å²) in [6, 6.07) is 7.05. The summed E-state index contributed by atoms with van der Waals surface area (Å²) in [5.41, 5.74) is 7.11. The Hall–Kier alpha value is -2.83. The van der Waals surface area contributed by atoms with Gasteiger partial charge in [-0.1, -0.05) is 18.2 Å². The van der Waals surface area contributed by atoms with Crippen molar-refractivity contribution in [1.29, 1.82) is 0 Å². The molecule has 7 heteroatoms. The van der Waals surface area contributed by atoms with Gasteiger partial charge in [0.05, 0.1) is 6.42 Å². The number of para-hydroxylation sites is 1. The number of benzene rings is 1. The maximum atomic E-state index is 12.3. The number of hydrogen-bond donors (Lipinski definition) is 2. The highest BCUT2D eigenvalue weighted by atomic mass is 16.5. The predicted octanol–water partition coefficient (Wildman–Crippen LogP) is 1.12. The lowest BCUT2D eigenvalue weighted by Crippen LogP contribution is -2.51. The van der Waals surface area contributed by atoms with Crippen molar-refractivity contribution in [1.82, 2.24) is 9.88 Å². The Morgan fingerprint density at radius 3 is 2.84 bits per heavy atom. The number of rotatable bonds is 5. The van der Waals surface area contributed by atoms with E-state index in [-0.39, 0.29) is 18.9 Å². The maximum absolute atomic E-state index is 12.3. The molecule has 0 unspecified atom stereocenters. The van der Waals surface area contributed by atoms with Crippen LogP contribution in [0, 0.1) is 0 Å². The van der Waals surface area contributed by atoms with Gasteiger partial charge in [0, 0.05) is 23.6 Å². The van der Waals surface area contributed by atoms with Crippen LogP contribution in [0.2, 0.25) is 0 Å². The minimum Gasteiger partial charge on any atom is -0.455 e. The number of piperidine rings is 1. The topological polar surface area (TPSA) is 105 Å². The lowest BCUT2D eigenvalue weighted by molar-refractivity contribution is -0.154. The van der Waals surface area contributed by atoms with E-state index in [0.29, 0.717) is 13.0 Å². The van der Waals surface area contributed by atoms with Crippen molar-refractivity contribution in [3.63, 3.8) is 0 Å². The Labute approximate surface area is 145 Å². The monoisotopic (exact) mass is 343 g/mol. The molecule has 1 aliphatic heterocycles. The molecule has 132 valence electrons. The fourth-order valence-electron chi connectivity index (χ4n) is 3.24. The number of carbonyl (C=O) groups excluding carboxylic acids is 3. The predicted molar refractivity (Wildman–Crippen MR) is 91.5 cm³/mol. The number of aromatic amines is 1. The van der Waals surface area contributed by atoms with E-state index in [9.17, 15) is 14.4 Å². The summed E-state index contributed by atoms with van der Waals surface area (Å²) < 4.78 is 5.11. The molecule has 2 heterocycles. The number of nitrogens with zero attached hydrogens (tertiary/aromatic N) is 1. The van der Waals surface area contributed by atoms with Crippen LogP contribution in [0.1, 0.15) is 24.8 Å². The van der Waals surface area contributed by atoms with Gasteiger partial charge in [-0.15, -0.1) is 0 Å². The minimum atomic E-state index is -0.603. The highest BCUT2D eigenvalue weighted by Gasteiger charge is 2.30. The van der Waals surface area contributed by atoms with Crippen LogP contribution >= 0.6 is 0 Å². The molecule has 1 aromatic carbocycles. The molecule has 3 rings (SSSR count).